The first-order chi connectivity index (χ1) is 12.9. The van der Waals surface area contributed by atoms with Crippen LogP contribution in [0.2, 0.25) is 5.28 Å². The van der Waals surface area contributed by atoms with E-state index in [1.165, 1.54) is 0 Å². The molecule has 0 amide bonds. The zero-order chi connectivity index (χ0) is 19.1. The highest BCUT2D eigenvalue weighted by Crippen LogP contribution is 2.63. The Bertz CT molecular complexity index is 1040. The average molecular weight is 380 g/mol. The highest BCUT2D eigenvalue weighted by atomic mass is 35.5. The summed E-state index contributed by atoms with van der Waals surface area (Å²) in [5.74, 6) is 1.44. The third-order valence-electron chi connectivity index (χ3n) is 5.23. The molecule has 1 saturated carbocycles. The van der Waals surface area contributed by atoms with Crippen molar-refractivity contribution in [2.75, 3.05) is 11.9 Å². The first-order valence-electron chi connectivity index (χ1n) is 8.60. The molecular weight excluding hydrogens is 362 g/mol. The molecule has 4 rings (SSSR count). The number of nitriles is 1. The van der Waals surface area contributed by atoms with Crippen molar-refractivity contribution < 1.29 is 4.74 Å². The van der Waals surface area contributed by atoms with Crippen molar-refractivity contribution in [3.8, 4) is 11.8 Å². The standard InChI is InChI=1S/C20H18ClN5O/c1-19(2)10-20(19,11-22)12-27-15-3-4-16-13(7-15)5-6-23-17(16)26-14-8-24-18(21)25-9-14/h3-9H,10,12H2,1-2H3,(H,23,26). The predicted octanol–water partition coefficient (Wildman–Crippen LogP) is 4.74. The lowest BCUT2D eigenvalue weighted by molar-refractivity contribution is 0.242. The minimum atomic E-state index is -0.387. The summed E-state index contributed by atoms with van der Waals surface area (Å²) in [4.78, 5) is 12.3. The monoisotopic (exact) mass is 379 g/mol. The second-order valence-electron chi connectivity index (χ2n) is 7.45. The highest BCUT2D eigenvalue weighted by Gasteiger charge is 2.62. The number of hydrogen-bond donors (Lipinski definition) is 1. The van der Waals surface area contributed by atoms with E-state index in [1.54, 1.807) is 18.6 Å². The van der Waals surface area contributed by atoms with Crippen LogP contribution in [0.3, 0.4) is 0 Å². The Balaban J connectivity index is 1.55. The van der Waals surface area contributed by atoms with Crippen LogP contribution in [-0.4, -0.2) is 21.6 Å². The van der Waals surface area contributed by atoms with Crippen molar-refractivity contribution in [2.24, 2.45) is 10.8 Å². The molecule has 1 aliphatic rings. The molecule has 27 heavy (non-hydrogen) atoms. The summed E-state index contributed by atoms with van der Waals surface area (Å²) < 4.78 is 5.94. The molecule has 3 aromatic rings. The zero-order valence-electron chi connectivity index (χ0n) is 15.0. The van der Waals surface area contributed by atoms with E-state index in [0.717, 1.165) is 22.9 Å². The van der Waals surface area contributed by atoms with Gasteiger partial charge in [0.15, 0.2) is 0 Å². The zero-order valence-corrected chi connectivity index (χ0v) is 15.8. The van der Waals surface area contributed by atoms with Crippen LogP contribution >= 0.6 is 11.6 Å². The number of hydrogen-bond acceptors (Lipinski definition) is 6. The van der Waals surface area contributed by atoms with E-state index in [0.29, 0.717) is 18.1 Å². The fourth-order valence-electron chi connectivity index (χ4n) is 3.25. The molecule has 2 aromatic heterocycles. The van der Waals surface area contributed by atoms with Gasteiger partial charge >= 0.3 is 0 Å². The van der Waals surface area contributed by atoms with Gasteiger partial charge < -0.3 is 10.1 Å². The van der Waals surface area contributed by atoms with Gasteiger partial charge in [-0.15, -0.1) is 0 Å². The number of anilines is 2. The summed E-state index contributed by atoms with van der Waals surface area (Å²) in [6.45, 7) is 4.61. The second-order valence-corrected chi connectivity index (χ2v) is 7.79. The maximum Gasteiger partial charge on any atom is 0.222 e. The van der Waals surface area contributed by atoms with Gasteiger partial charge in [-0.3, -0.25) is 0 Å². The Morgan fingerprint density at radius 2 is 1.96 bits per heavy atom. The number of fused-ring (bicyclic) bond motifs is 1. The van der Waals surface area contributed by atoms with Crippen LogP contribution in [0.4, 0.5) is 11.5 Å². The van der Waals surface area contributed by atoms with Gasteiger partial charge in [0.1, 0.15) is 18.2 Å². The van der Waals surface area contributed by atoms with E-state index < -0.39 is 0 Å². The molecule has 1 fully saturated rings. The van der Waals surface area contributed by atoms with Crippen molar-refractivity contribution in [1.29, 1.82) is 5.26 Å². The van der Waals surface area contributed by atoms with Gasteiger partial charge in [-0.1, -0.05) is 13.8 Å². The van der Waals surface area contributed by atoms with Crippen LogP contribution in [0.15, 0.2) is 42.9 Å². The van der Waals surface area contributed by atoms with Crippen LogP contribution < -0.4 is 10.1 Å². The van der Waals surface area contributed by atoms with E-state index in [9.17, 15) is 5.26 Å². The summed E-state index contributed by atoms with van der Waals surface area (Å²) in [7, 11) is 0. The van der Waals surface area contributed by atoms with Gasteiger partial charge in [-0.25, -0.2) is 15.0 Å². The smallest absolute Gasteiger partial charge is 0.222 e. The molecule has 1 aromatic carbocycles. The normalized spacial score (nSPS) is 20.1. The molecule has 1 atom stereocenters. The molecule has 6 nitrogen and oxygen atoms in total. The Morgan fingerprint density at radius 3 is 2.63 bits per heavy atom. The fraction of sp³-hybridized carbons (Fsp3) is 0.300. The van der Waals surface area contributed by atoms with Crippen LogP contribution in [0.5, 0.6) is 5.75 Å². The van der Waals surface area contributed by atoms with Gasteiger partial charge in [0.2, 0.25) is 5.28 Å². The molecule has 1 N–H and O–H groups in total. The topological polar surface area (TPSA) is 83.7 Å². The number of rotatable bonds is 5. The number of nitrogens with zero attached hydrogens (tertiary/aromatic N) is 4. The van der Waals surface area contributed by atoms with Gasteiger partial charge in [0, 0.05) is 11.6 Å². The number of ether oxygens (including phenoxy) is 1. The minimum absolute atomic E-state index is 0.0141. The number of pyridine rings is 1. The largest absolute Gasteiger partial charge is 0.492 e. The third-order valence-corrected chi connectivity index (χ3v) is 5.43. The molecular formula is C20H18ClN5O. The van der Waals surface area contributed by atoms with Crippen LogP contribution in [0.25, 0.3) is 10.8 Å². The van der Waals surface area contributed by atoms with Gasteiger partial charge in [-0.05, 0) is 53.1 Å². The van der Waals surface area contributed by atoms with Gasteiger partial charge in [-0.2, -0.15) is 5.26 Å². The highest BCUT2D eigenvalue weighted by molar-refractivity contribution is 6.28. The first-order valence-corrected chi connectivity index (χ1v) is 8.98. The Kier molecular flexibility index (Phi) is 4.12. The van der Waals surface area contributed by atoms with Gasteiger partial charge in [0.25, 0.3) is 0 Å². The van der Waals surface area contributed by atoms with E-state index in [4.69, 9.17) is 16.3 Å². The fourth-order valence-corrected chi connectivity index (χ4v) is 3.34. The summed E-state index contributed by atoms with van der Waals surface area (Å²) in [6, 6.07) is 10.2. The maximum absolute atomic E-state index is 9.47. The minimum Gasteiger partial charge on any atom is -0.492 e. The maximum atomic E-state index is 9.47. The Morgan fingerprint density at radius 1 is 1.22 bits per heavy atom. The van der Waals surface area contributed by atoms with Crippen LogP contribution in [0, 0.1) is 22.2 Å². The Labute approximate surface area is 162 Å². The predicted molar refractivity (Wildman–Crippen MR) is 104 cm³/mol. The Hall–Kier alpha value is -2.91. The second kappa shape index (κ2) is 6.36. The van der Waals surface area contributed by atoms with E-state index >= 15 is 0 Å². The van der Waals surface area contributed by atoms with Gasteiger partial charge in [0.05, 0.1) is 29.6 Å². The lowest BCUT2D eigenvalue weighted by Gasteiger charge is -2.14. The molecule has 0 bridgehead atoms. The number of halogens is 1. The molecule has 0 aliphatic heterocycles. The number of aromatic nitrogens is 3. The lowest BCUT2D eigenvalue weighted by atomic mass is 9.99. The summed E-state index contributed by atoms with van der Waals surface area (Å²) >= 11 is 5.72. The summed E-state index contributed by atoms with van der Waals surface area (Å²) in [5.41, 5.74) is 0.327. The molecule has 1 unspecified atom stereocenters. The molecule has 2 heterocycles. The number of nitrogens with one attached hydrogen (secondary N) is 1. The molecule has 1 aliphatic carbocycles. The quantitative estimate of drug-likeness (QED) is 0.644. The van der Waals surface area contributed by atoms with Crippen molar-refractivity contribution in [2.45, 2.75) is 20.3 Å². The van der Waals surface area contributed by atoms with Crippen molar-refractivity contribution in [3.63, 3.8) is 0 Å². The van der Waals surface area contributed by atoms with E-state index in [-0.39, 0.29) is 16.1 Å². The molecule has 0 saturated heterocycles. The van der Waals surface area contributed by atoms with Crippen LogP contribution in [0.1, 0.15) is 20.3 Å². The summed E-state index contributed by atoms with van der Waals surface area (Å²) in [5, 5.41) is 14.8. The van der Waals surface area contributed by atoms with E-state index in [2.05, 4.69) is 40.2 Å². The average Bonchev–Trinajstić information content (AvgIpc) is 3.23. The summed E-state index contributed by atoms with van der Waals surface area (Å²) in [6.07, 6.45) is 5.80. The van der Waals surface area contributed by atoms with E-state index in [1.807, 2.05) is 24.3 Å². The number of benzene rings is 1. The molecule has 7 heteroatoms. The lowest BCUT2D eigenvalue weighted by Crippen LogP contribution is -2.16. The van der Waals surface area contributed by atoms with Crippen molar-refractivity contribution in [1.82, 2.24) is 15.0 Å². The third kappa shape index (κ3) is 3.26. The SMILES string of the molecule is CC1(C)CC1(C#N)COc1ccc2c(Nc3cnc(Cl)nc3)nccc2c1. The first kappa shape index (κ1) is 17.5. The molecule has 0 radical (unpaired) electrons. The molecule has 0 spiro atoms. The van der Waals surface area contributed by atoms with Crippen molar-refractivity contribution in [3.05, 3.63) is 48.1 Å². The van der Waals surface area contributed by atoms with Crippen molar-refractivity contribution >= 4 is 33.9 Å². The molecule has 136 valence electrons. The van der Waals surface area contributed by atoms with Crippen LogP contribution in [-0.2, 0) is 0 Å².